The molecular weight excluding hydrogens is 343 g/mol. The van der Waals surface area contributed by atoms with Crippen LogP contribution in [0.25, 0.3) is 10.6 Å². The van der Waals surface area contributed by atoms with Crippen LogP contribution in [0, 0.1) is 0 Å². The van der Waals surface area contributed by atoms with Gasteiger partial charge in [0.25, 0.3) is 0 Å². The van der Waals surface area contributed by atoms with Crippen LogP contribution in [-0.2, 0) is 6.42 Å². The molecule has 2 nitrogen and oxygen atoms in total. The van der Waals surface area contributed by atoms with Gasteiger partial charge in [0.05, 0.1) is 0 Å². The first-order valence-corrected chi connectivity index (χ1v) is 7.56. The van der Waals surface area contributed by atoms with Crippen LogP contribution in [0.3, 0.4) is 0 Å². The van der Waals surface area contributed by atoms with E-state index in [1.54, 1.807) is 11.3 Å². The summed E-state index contributed by atoms with van der Waals surface area (Å²) in [5.74, 6) is 0.652. The molecule has 1 aromatic carbocycles. The zero-order chi connectivity index (χ0) is 12.3. The standard InChI is InChI=1S/C11H9BrCl2N2S/c12-9-6-7(14)3-4-8(9)11-16-15-10(17-11)2-1-5-13/h3-4,6H,1-2,5H2. The summed E-state index contributed by atoms with van der Waals surface area (Å²) < 4.78 is 0.935. The highest BCUT2D eigenvalue weighted by molar-refractivity contribution is 9.10. The average molecular weight is 352 g/mol. The highest BCUT2D eigenvalue weighted by atomic mass is 79.9. The van der Waals surface area contributed by atoms with Crippen LogP contribution in [0.15, 0.2) is 22.7 Å². The van der Waals surface area contributed by atoms with Crippen molar-refractivity contribution < 1.29 is 0 Å². The van der Waals surface area contributed by atoms with Gasteiger partial charge < -0.3 is 0 Å². The van der Waals surface area contributed by atoms with Crippen molar-refractivity contribution in [3.8, 4) is 10.6 Å². The largest absolute Gasteiger partial charge is 0.148 e. The minimum absolute atomic E-state index is 0.652. The molecule has 1 aromatic heterocycles. The van der Waals surface area contributed by atoms with Crippen LogP contribution >= 0.6 is 50.5 Å². The van der Waals surface area contributed by atoms with Gasteiger partial charge in [-0.3, -0.25) is 0 Å². The Balaban J connectivity index is 2.24. The van der Waals surface area contributed by atoms with Gasteiger partial charge in [0, 0.05) is 27.4 Å². The Hall–Kier alpha value is -0.160. The molecule has 0 amide bonds. The number of rotatable bonds is 4. The number of halogens is 3. The maximum absolute atomic E-state index is 5.90. The van der Waals surface area contributed by atoms with Crippen molar-refractivity contribution >= 4 is 50.5 Å². The Bertz CT molecular complexity index is 516. The molecule has 0 aliphatic heterocycles. The Morgan fingerprint density at radius 2 is 2.12 bits per heavy atom. The fraction of sp³-hybridized carbons (Fsp3) is 0.273. The monoisotopic (exact) mass is 350 g/mol. The topological polar surface area (TPSA) is 25.8 Å². The van der Waals surface area contributed by atoms with Crippen molar-refractivity contribution in [1.29, 1.82) is 0 Å². The van der Waals surface area contributed by atoms with Crippen LogP contribution < -0.4 is 0 Å². The van der Waals surface area contributed by atoms with Crippen LogP contribution in [0.2, 0.25) is 5.02 Å². The van der Waals surface area contributed by atoms with Gasteiger partial charge in [0.15, 0.2) is 0 Å². The molecule has 2 aromatic rings. The normalized spacial score (nSPS) is 10.8. The molecule has 0 spiro atoms. The van der Waals surface area contributed by atoms with Gasteiger partial charge in [0.1, 0.15) is 10.0 Å². The highest BCUT2D eigenvalue weighted by Gasteiger charge is 2.10. The third kappa shape index (κ3) is 3.41. The lowest BCUT2D eigenvalue weighted by atomic mass is 10.2. The molecule has 17 heavy (non-hydrogen) atoms. The highest BCUT2D eigenvalue weighted by Crippen LogP contribution is 2.32. The molecule has 0 aliphatic carbocycles. The summed E-state index contributed by atoms with van der Waals surface area (Å²) in [4.78, 5) is 0. The van der Waals surface area contributed by atoms with Crippen molar-refractivity contribution in [2.45, 2.75) is 12.8 Å². The van der Waals surface area contributed by atoms with E-state index in [9.17, 15) is 0 Å². The molecule has 0 saturated carbocycles. The number of aryl methyl sites for hydroxylation is 1. The molecule has 1 heterocycles. The second kappa shape index (κ2) is 6.14. The summed E-state index contributed by atoms with van der Waals surface area (Å²) in [7, 11) is 0. The third-order valence-electron chi connectivity index (χ3n) is 2.15. The van der Waals surface area contributed by atoms with E-state index in [2.05, 4.69) is 26.1 Å². The number of nitrogens with zero attached hydrogens (tertiary/aromatic N) is 2. The molecule has 0 fully saturated rings. The minimum Gasteiger partial charge on any atom is -0.143 e. The second-order valence-electron chi connectivity index (χ2n) is 3.42. The van der Waals surface area contributed by atoms with Crippen molar-refractivity contribution in [2.24, 2.45) is 0 Å². The van der Waals surface area contributed by atoms with Crippen LogP contribution in [0.4, 0.5) is 0 Å². The number of hydrogen-bond acceptors (Lipinski definition) is 3. The Morgan fingerprint density at radius 3 is 2.82 bits per heavy atom. The molecule has 2 rings (SSSR count). The van der Waals surface area contributed by atoms with E-state index in [4.69, 9.17) is 23.2 Å². The fourth-order valence-electron chi connectivity index (χ4n) is 1.34. The number of aromatic nitrogens is 2. The minimum atomic E-state index is 0.652. The molecule has 0 saturated heterocycles. The van der Waals surface area contributed by atoms with Gasteiger partial charge in [0.2, 0.25) is 0 Å². The molecule has 0 atom stereocenters. The van der Waals surface area contributed by atoms with E-state index in [0.29, 0.717) is 10.9 Å². The maximum Gasteiger partial charge on any atom is 0.148 e. The smallest absolute Gasteiger partial charge is 0.143 e. The fourth-order valence-corrected chi connectivity index (χ4v) is 3.40. The summed E-state index contributed by atoms with van der Waals surface area (Å²) in [5.41, 5.74) is 1.02. The molecule has 6 heteroatoms. The number of hydrogen-bond donors (Lipinski definition) is 0. The molecule has 0 aliphatic rings. The van der Waals surface area contributed by atoms with Crippen LogP contribution in [-0.4, -0.2) is 16.1 Å². The van der Waals surface area contributed by atoms with Crippen molar-refractivity contribution in [3.05, 3.63) is 32.7 Å². The molecule has 90 valence electrons. The average Bonchev–Trinajstić information content (AvgIpc) is 2.75. The molecule has 0 radical (unpaired) electrons. The van der Waals surface area contributed by atoms with E-state index >= 15 is 0 Å². The quantitative estimate of drug-likeness (QED) is 0.740. The van der Waals surface area contributed by atoms with Crippen LogP contribution in [0.1, 0.15) is 11.4 Å². The SMILES string of the molecule is ClCCCc1nnc(-c2ccc(Cl)cc2Br)s1. The molecule has 0 unspecified atom stereocenters. The van der Waals surface area contributed by atoms with Crippen LogP contribution in [0.5, 0.6) is 0 Å². The summed E-state index contributed by atoms with van der Waals surface area (Å²) >= 11 is 16.6. The zero-order valence-corrected chi connectivity index (χ0v) is 12.7. The first kappa shape index (κ1) is 13.3. The molecular formula is C11H9BrCl2N2S. The Labute approximate surface area is 122 Å². The summed E-state index contributed by atoms with van der Waals surface area (Å²) in [6, 6.07) is 5.65. The summed E-state index contributed by atoms with van der Waals surface area (Å²) in [6.07, 6.45) is 1.81. The summed E-state index contributed by atoms with van der Waals surface area (Å²) in [5, 5.41) is 11.0. The van der Waals surface area contributed by atoms with E-state index in [1.165, 1.54) is 0 Å². The van der Waals surface area contributed by atoms with Crippen molar-refractivity contribution in [1.82, 2.24) is 10.2 Å². The van der Waals surface area contributed by atoms with Gasteiger partial charge in [-0.2, -0.15) is 0 Å². The van der Waals surface area contributed by atoms with E-state index < -0.39 is 0 Å². The first-order valence-electron chi connectivity index (χ1n) is 5.04. The van der Waals surface area contributed by atoms with Gasteiger partial charge in [-0.1, -0.05) is 38.9 Å². The lowest BCUT2D eigenvalue weighted by Gasteiger charge is -1.99. The first-order chi connectivity index (χ1) is 8.20. The lowest BCUT2D eigenvalue weighted by Crippen LogP contribution is -1.84. The summed E-state index contributed by atoms with van der Waals surface area (Å²) in [6.45, 7) is 0. The van der Waals surface area contributed by atoms with Crippen molar-refractivity contribution in [2.75, 3.05) is 5.88 Å². The Morgan fingerprint density at radius 1 is 1.29 bits per heavy atom. The van der Waals surface area contributed by atoms with E-state index in [0.717, 1.165) is 32.9 Å². The Kier molecular flexibility index (Phi) is 4.79. The van der Waals surface area contributed by atoms with E-state index in [-0.39, 0.29) is 0 Å². The number of alkyl halides is 1. The second-order valence-corrected chi connectivity index (χ2v) is 6.15. The van der Waals surface area contributed by atoms with Crippen molar-refractivity contribution in [3.63, 3.8) is 0 Å². The van der Waals surface area contributed by atoms with Gasteiger partial charge >= 0.3 is 0 Å². The zero-order valence-electron chi connectivity index (χ0n) is 8.79. The predicted octanol–water partition coefficient (Wildman–Crippen LogP) is 4.79. The molecule has 0 bridgehead atoms. The maximum atomic E-state index is 5.90. The van der Waals surface area contributed by atoms with Gasteiger partial charge in [-0.25, -0.2) is 0 Å². The molecule has 0 N–H and O–H groups in total. The van der Waals surface area contributed by atoms with E-state index in [1.807, 2.05) is 18.2 Å². The third-order valence-corrected chi connectivity index (χ3v) is 4.33. The van der Waals surface area contributed by atoms with Gasteiger partial charge in [-0.05, 0) is 24.6 Å². The number of benzene rings is 1. The van der Waals surface area contributed by atoms with Gasteiger partial charge in [-0.15, -0.1) is 21.8 Å². The lowest BCUT2D eigenvalue weighted by molar-refractivity contribution is 0.884. The predicted molar refractivity (Wildman–Crippen MR) is 77.1 cm³/mol.